The molecular weight excluding hydrogens is 656 g/mol. The lowest BCUT2D eigenvalue weighted by atomic mass is 9.72. The lowest BCUT2D eigenvalue weighted by Gasteiger charge is -2.33. The van der Waals surface area contributed by atoms with Crippen molar-refractivity contribution in [1.82, 2.24) is 15.2 Å². The Morgan fingerprint density at radius 1 is 0.911 bits per heavy atom. The highest BCUT2D eigenvalue weighted by molar-refractivity contribution is 6.40. The summed E-state index contributed by atoms with van der Waals surface area (Å²) >= 11 is 25.0. The van der Waals surface area contributed by atoms with Crippen LogP contribution in [0.15, 0.2) is 65.5 Å². The number of carbonyl (C=O) groups excluding carboxylic acids is 1. The first-order chi connectivity index (χ1) is 21.1. The molecule has 45 heavy (non-hydrogen) atoms. The third-order valence-corrected chi connectivity index (χ3v) is 8.17. The number of amides is 1. The number of aromatic amines is 1. The number of rotatable bonds is 11. The summed E-state index contributed by atoms with van der Waals surface area (Å²) in [6.45, 7) is 13.1. The number of nitrogens with zero attached hydrogens (tertiary/aromatic N) is 1. The Kier molecular flexibility index (Phi) is 10.8. The highest BCUT2D eigenvalue weighted by Gasteiger charge is 2.27. The largest absolute Gasteiger partial charge is 0.481 e. The normalized spacial score (nSPS) is 12.5. The van der Waals surface area contributed by atoms with Crippen LogP contribution in [0.1, 0.15) is 59.9 Å². The van der Waals surface area contributed by atoms with Crippen LogP contribution in [0.4, 0.5) is 17.2 Å². The second-order valence-electron chi connectivity index (χ2n) is 12.7. The van der Waals surface area contributed by atoms with E-state index in [1.807, 2.05) is 19.1 Å². The van der Waals surface area contributed by atoms with E-state index in [-0.39, 0.29) is 32.5 Å². The molecule has 3 aromatic carbocycles. The molecule has 1 amide bonds. The third kappa shape index (κ3) is 8.91. The molecule has 12 heteroatoms. The number of halogens is 4. The third-order valence-electron chi connectivity index (χ3n) is 7.04. The van der Waals surface area contributed by atoms with Crippen LogP contribution >= 0.6 is 46.4 Å². The fourth-order valence-corrected chi connectivity index (χ4v) is 6.48. The van der Waals surface area contributed by atoms with Gasteiger partial charge in [0.2, 0.25) is 0 Å². The average molecular weight is 694 g/mol. The Balaban J connectivity index is 1.41. The molecule has 1 aromatic heterocycles. The molecular formula is C33H37Cl4N5O3. The summed E-state index contributed by atoms with van der Waals surface area (Å²) in [4.78, 5) is 25.7. The van der Waals surface area contributed by atoms with Crippen molar-refractivity contribution >= 4 is 69.5 Å². The monoisotopic (exact) mass is 691 g/mol. The summed E-state index contributed by atoms with van der Waals surface area (Å²) in [7, 11) is 0. The Labute approximate surface area is 283 Å². The lowest BCUT2D eigenvalue weighted by Crippen LogP contribution is -2.41. The SMILES string of the molecule is CCC(Oc1ccc(C(C)(C)CC(C)(C)C)cc1)C(=O)NNc1ccc(Cl)c(Nc2cc(=O)n(-c3c(Cl)cc(Cl)cc3Cl)[nH]2)c1. The number of hydrazine groups is 1. The maximum absolute atomic E-state index is 13.0. The molecule has 8 nitrogen and oxygen atoms in total. The lowest BCUT2D eigenvalue weighted by molar-refractivity contribution is -0.127. The summed E-state index contributed by atoms with van der Waals surface area (Å²) in [6, 6.07) is 17.3. The number of H-pyrrole nitrogens is 1. The molecule has 4 N–H and O–H groups in total. The second kappa shape index (κ2) is 14.0. The molecule has 0 radical (unpaired) electrons. The number of nitrogens with one attached hydrogen (secondary N) is 4. The minimum absolute atomic E-state index is 0.00589. The number of anilines is 3. The van der Waals surface area contributed by atoms with Crippen LogP contribution in [-0.2, 0) is 10.2 Å². The van der Waals surface area contributed by atoms with Gasteiger partial charge in [-0.25, -0.2) is 4.68 Å². The predicted molar refractivity (Wildman–Crippen MR) is 186 cm³/mol. The molecule has 240 valence electrons. The topological polar surface area (TPSA) is 100 Å². The maximum Gasteiger partial charge on any atom is 0.279 e. The van der Waals surface area contributed by atoms with Gasteiger partial charge in [0.15, 0.2) is 6.10 Å². The Morgan fingerprint density at radius 3 is 2.16 bits per heavy atom. The van der Waals surface area contributed by atoms with Gasteiger partial charge in [-0.2, -0.15) is 0 Å². The minimum Gasteiger partial charge on any atom is -0.481 e. The Morgan fingerprint density at radius 2 is 1.56 bits per heavy atom. The first-order valence-corrected chi connectivity index (χ1v) is 15.9. The fourth-order valence-electron chi connectivity index (χ4n) is 5.33. The molecule has 1 heterocycles. The van der Waals surface area contributed by atoms with Crippen molar-refractivity contribution in [3.05, 3.63) is 96.7 Å². The number of carbonyl (C=O) groups is 1. The van der Waals surface area contributed by atoms with Gasteiger partial charge in [0.25, 0.3) is 11.5 Å². The van der Waals surface area contributed by atoms with E-state index in [0.29, 0.717) is 39.4 Å². The van der Waals surface area contributed by atoms with Gasteiger partial charge in [0.1, 0.15) is 17.3 Å². The highest BCUT2D eigenvalue weighted by atomic mass is 35.5. The van der Waals surface area contributed by atoms with E-state index in [9.17, 15) is 9.59 Å². The fraction of sp³-hybridized carbons (Fsp3) is 0.333. The molecule has 0 aliphatic carbocycles. The molecule has 4 aromatic rings. The van der Waals surface area contributed by atoms with Crippen LogP contribution in [0.5, 0.6) is 5.75 Å². The van der Waals surface area contributed by atoms with Gasteiger partial charge < -0.3 is 10.1 Å². The predicted octanol–water partition coefficient (Wildman–Crippen LogP) is 9.54. The standard InChI is InChI=1S/C33H37Cl4N5O3/c1-7-27(45-22-11-8-19(9-12-22)33(5,6)18-32(2,3)4)31(44)40-39-21-10-13-23(35)26(16-21)38-28-17-29(43)42(41-28)30-24(36)14-20(34)15-25(30)37/h8-17,27,38-39,41H,7,18H2,1-6H3,(H,40,44). The molecule has 0 bridgehead atoms. The average Bonchev–Trinajstić information content (AvgIpc) is 3.29. The van der Waals surface area contributed by atoms with Crippen molar-refractivity contribution in [2.45, 2.75) is 65.9 Å². The van der Waals surface area contributed by atoms with E-state index >= 15 is 0 Å². The Hall–Kier alpha value is -3.30. The number of aromatic nitrogens is 2. The second-order valence-corrected chi connectivity index (χ2v) is 14.3. The van der Waals surface area contributed by atoms with Crippen LogP contribution < -0.4 is 26.5 Å². The van der Waals surface area contributed by atoms with Crippen molar-refractivity contribution in [3.63, 3.8) is 0 Å². The first kappa shape index (κ1) is 34.6. The Bertz CT molecular complexity index is 1700. The van der Waals surface area contributed by atoms with Crippen molar-refractivity contribution in [2.24, 2.45) is 5.41 Å². The van der Waals surface area contributed by atoms with Gasteiger partial charge in [0.05, 0.1) is 26.4 Å². The van der Waals surface area contributed by atoms with Gasteiger partial charge in [-0.15, -0.1) is 0 Å². The molecule has 0 saturated carbocycles. The van der Waals surface area contributed by atoms with E-state index in [2.05, 4.69) is 68.0 Å². The van der Waals surface area contributed by atoms with Crippen LogP contribution in [0.3, 0.4) is 0 Å². The van der Waals surface area contributed by atoms with Crippen LogP contribution in [0.2, 0.25) is 20.1 Å². The summed E-state index contributed by atoms with van der Waals surface area (Å²) in [5.74, 6) is 0.613. The first-order valence-electron chi connectivity index (χ1n) is 14.4. The van der Waals surface area contributed by atoms with Crippen LogP contribution in [0.25, 0.3) is 5.69 Å². The quantitative estimate of drug-likeness (QED) is 0.117. The molecule has 1 unspecified atom stereocenters. The van der Waals surface area contributed by atoms with Crippen LogP contribution in [0, 0.1) is 5.41 Å². The number of hydrogen-bond acceptors (Lipinski definition) is 5. The van der Waals surface area contributed by atoms with Gasteiger partial charge in [0, 0.05) is 11.1 Å². The number of ether oxygens (including phenoxy) is 1. The van der Waals surface area contributed by atoms with Gasteiger partial charge in [-0.05, 0) is 71.7 Å². The molecule has 0 spiro atoms. The zero-order valence-corrected chi connectivity index (χ0v) is 29.0. The van der Waals surface area contributed by atoms with Gasteiger partial charge >= 0.3 is 0 Å². The van der Waals surface area contributed by atoms with E-state index < -0.39 is 11.7 Å². The zero-order chi connectivity index (χ0) is 33.1. The molecule has 0 aliphatic rings. The van der Waals surface area contributed by atoms with E-state index in [4.69, 9.17) is 51.1 Å². The zero-order valence-electron chi connectivity index (χ0n) is 25.9. The minimum atomic E-state index is -0.716. The van der Waals surface area contributed by atoms with Gasteiger partial charge in [-0.3, -0.25) is 25.5 Å². The molecule has 1 atom stereocenters. The summed E-state index contributed by atoms with van der Waals surface area (Å²) in [5, 5.41) is 7.14. The molecule has 4 rings (SSSR count). The highest BCUT2D eigenvalue weighted by Crippen LogP contribution is 2.37. The van der Waals surface area contributed by atoms with E-state index in [1.54, 1.807) is 18.2 Å². The van der Waals surface area contributed by atoms with Crippen LogP contribution in [-0.4, -0.2) is 21.8 Å². The van der Waals surface area contributed by atoms with E-state index in [1.165, 1.54) is 28.4 Å². The van der Waals surface area contributed by atoms with Crippen molar-refractivity contribution in [1.29, 1.82) is 0 Å². The summed E-state index contributed by atoms with van der Waals surface area (Å²) in [5.41, 5.74) is 7.90. The summed E-state index contributed by atoms with van der Waals surface area (Å²) in [6.07, 6.45) is 0.780. The molecule has 0 fully saturated rings. The number of benzene rings is 3. The maximum atomic E-state index is 13.0. The number of hydrogen-bond donors (Lipinski definition) is 4. The summed E-state index contributed by atoms with van der Waals surface area (Å²) < 4.78 is 7.23. The van der Waals surface area contributed by atoms with E-state index in [0.717, 1.165) is 6.42 Å². The van der Waals surface area contributed by atoms with Crippen molar-refractivity contribution < 1.29 is 9.53 Å². The smallest absolute Gasteiger partial charge is 0.279 e. The van der Waals surface area contributed by atoms with Crippen molar-refractivity contribution in [3.8, 4) is 11.4 Å². The molecule has 0 saturated heterocycles. The van der Waals surface area contributed by atoms with Crippen molar-refractivity contribution in [2.75, 3.05) is 10.7 Å². The molecule has 0 aliphatic heterocycles. The van der Waals surface area contributed by atoms with Gasteiger partial charge in [-0.1, -0.05) is 100 Å².